The zero-order valence-corrected chi connectivity index (χ0v) is 12.7. The Morgan fingerprint density at radius 3 is 2.67 bits per heavy atom. The summed E-state index contributed by atoms with van der Waals surface area (Å²) in [6, 6.07) is 0. The minimum absolute atomic E-state index is 0.580. The molecule has 2 fully saturated rings. The van der Waals surface area contributed by atoms with Gasteiger partial charge in [0.15, 0.2) is 0 Å². The Morgan fingerprint density at radius 1 is 1.14 bits per heavy atom. The Morgan fingerprint density at radius 2 is 1.95 bits per heavy atom. The number of likely N-dealkylation sites (tertiary alicyclic amines) is 1. The predicted molar refractivity (Wildman–Crippen MR) is 83.7 cm³/mol. The molecule has 1 saturated heterocycles. The van der Waals surface area contributed by atoms with Crippen LogP contribution in [0.25, 0.3) is 0 Å². The topological polar surface area (TPSA) is 49.4 Å². The van der Waals surface area contributed by atoms with Crippen LogP contribution in [-0.4, -0.2) is 37.2 Å². The van der Waals surface area contributed by atoms with Crippen molar-refractivity contribution in [3.05, 3.63) is 23.9 Å². The average molecular weight is 290 g/mol. The highest BCUT2D eigenvalue weighted by Gasteiger charge is 2.38. The van der Waals surface area contributed by atoms with Crippen LogP contribution in [0, 0.1) is 5.41 Å². The average Bonchev–Trinajstić information content (AvgIpc) is 2.90. The van der Waals surface area contributed by atoms with E-state index < -0.39 is 0 Å². The van der Waals surface area contributed by atoms with Gasteiger partial charge in [0.05, 0.1) is 0 Å². The molecule has 0 radical (unpaired) electrons. The van der Waals surface area contributed by atoms with Gasteiger partial charge in [0.2, 0.25) is 6.41 Å². The lowest BCUT2D eigenvalue weighted by Gasteiger charge is -2.33. The SMILES string of the molecule is O=CN/C=C\C=C(\C=O)CCN1CCC2(CCCCC2)C1. The molecule has 2 aliphatic rings. The highest BCUT2D eigenvalue weighted by atomic mass is 16.1. The van der Waals surface area contributed by atoms with Crippen molar-refractivity contribution in [1.29, 1.82) is 0 Å². The summed E-state index contributed by atoms with van der Waals surface area (Å²) in [6.07, 6.45) is 15.6. The van der Waals surface area contributed by atoms with E-state index in [0.717, 1.165) is 24.8 Å². The smallest absolute Gasteiger partial charge is 0.211 e. The van der Waals surface area contributed by atoms with Crippen LogP contribution in [0.1, 0.15) is 44.9 Å². The molecule has 0 unspecified atom stereocenters. The molecule has 21 heavy (non-hydrogen) atoms. The van der Waals surface area contributed by atoms with E-state index >= 15 is 0 Å². The van der Waals surface area contributed by atoms with Gasteiger partial charge in [-0.3, -0.25) is 9.59 Å². The number of aldehydes is 1. The lowest BCUT2D eigenvalue weighted by atomic mass is 9.73. The van der Waals surface area contributed by atoms with E-state index in [1.54, 1.807) is 12.2 Å². The van der Waals surface area contributed by atoms with Crippen molar-refractivity contribution in [2.45, 2.75) is 44.9 Å². The normalized spacial score (nSPS) is 22.8. The molecule has 0 bridgehead atoms. The van der Waals surface area contributed by atoms with Gasteiger partial charge in [-0.25, -0.2) is 0 Å². The summed E-state index contributed by atoms with van der Waals surface area (Å²) in [5.41, 5.74) is 1.36. The van der Waals surface area contributed by atoms with Crippen LogP contribution in [-0.2, 0) is 9.59 Å². The zero-order valence-electron chi connectivity index (χ0n) is 12.7. The molecule has 1 aliphatic carbocycles. The van der Waals surface area contributed by atoms with Crippen molar-refractivity contribution < 1.29 is 9.59 Å². The van der Waals surface area contributed by atoms with Crippen LogP contribution in [0.3, 0.4) is 0 Å². The van der Waals surface area contributed by atoms with Crippen molar-refractivity contribution >= 4 is 12.7 Å². The van der Waals surface area contributed by atoms with Gasteiger partial charge in [0, 0.05) is 19.3 Å². The van der Waals surface area contributed by atoms with Crippen molar-refractivity contribution in [3.63, 3.8) is 0 Å². The molecule has 1 spiro atoms. The first-order chi connectivity index (χ1) is 10.3. The molecule has 2 rings (SSSR count). The van der Waals surface area contributed by atoms with Gasteiger partial charge in [-0.15, -0.1) is 0 Å². The van der Waals surface area contributed by atoms with Gasteiger partial charge < -0.3 is 10.2 Å². The Balaban J connectivity index is 1.77. The fourth-order valence-corrected chi connectivity index (χ4v) is 3.66. The van der Waals surface area contributed by atoms with Gasteiger partial charge in [0.1, 0.15) is 6.29 Å². The monoisotopic (exact) mass is 290 g/mol. The second kappa shape index (κ2) is 8.13. The van der Waals surface area contributed by atoms with E-state index in [4.69, 9.17) is 0 Å². The van der Waals surface area contributed by atoms with E-state index in [9.17, 15) is 9.59 Å². The van der Waals surface area contributed by atoms with Gasteiger partial charge in [-0.05, 0) is 49.3 Å². The molecule has 1 amide bonds. The molecule has 1 saturated carbocycles. The maximum absolute atomic E-state index is 11.1. The Labute approximate surface area is 127 Å². The van der Waals surface area contributed by atoms with Gasteiger partial charge in [-0.1, -0.05) is 25.3 Å². The summed E-state index contributed by atoms with van der Waals surface area (Å²) in [6.45, 7) is 3.34. The van der Waals surface area contributed by atoms with Gasteiger partial charge in [0.25, 0.3) is 0 Å². The lowest BCUT2D eigenvalue weighted by molar-refractivity contribution is -0.108. The second-order valence-electron chi connectivity index (χ2n) is 6.34. The third-order valence-corrected chi connectivity index (χ3v) is 4.87. The summed E-state index contributed by atoms with van der Waals surface area (Å²) in [7, 11) is 0. The quantitative estimate of drug-likeness (QED) is 0.445. The minimum Gasteiger partial charge on any atom is -0.335 e. The van der Waals surface area contributed by atoms with E-state index in [1.807, 2.05) is 0 Å². The molecule has 116 valence electrons. The summed E-state index contributed by atoms with van der Waals surface area (Å²) in [5, 5.41) is 2.43. The van der Waals surface area contributed by atoms with Crippen LogP contribution < -0.4 is 5.32 Å². The lowest BCUT2D eigenvalue weighted by Crippen LogP contribution is -2.29. The molecular formula is C17H26N2O2. The van der Waals surface area contributed by atoms with Gasteiger partial charge in [-0.2, -0.15) is 0 Å². The number of allylic oxidation sites excluding steroid dienone is 2. The molecular weight excluding hydrogens is 264 g/mol. The van der Waals surface area contributed by atoms with Gasteiger partial charge >= 0.3 is 0 Å². The first-order valence-corrected chi connectivity index (χ1v) is 8.01. The first-order valence-electron chi connectivity index (χ1n) is 8.01. The number of hydrogen-bond acceptors (Lipinski definition) is 3. The number of rotatable bonds is 7. The second-order valence-corrected chi connectivity index (χ2v) is 6.34. The van der Waals surface area contributed by atoms with Crippen molar-refractivity contribution in [1.82, 2.24) is 10.2 Å². The summed E-state index contributed by atoms with van der Waals surface area (Å²) < 4.78 is 0. The van der Waals surface area contributed by atoms with E-state index in [1.165, 1.54) is 57.8 Å². The number of nitrogens with one attached hydrogen (secondary N) is 1. The van der Waals surface area contributed by atoms with Crippen molar-refractivity contribution in [2.75, 3.05) is 19.6 Å². The summed E-state index contributed by atoms with van der Waals surface area (Å²) in [5.74, 6) is 0. The third kappa shape index (κ3) is 4.81. The molecule has 1 N–H and O–H groups in total. The number of amides is 1. The number of carbonyl (C=O) groups excluding carboxylic acids is 2. The molecule has 0 aromatic rings. The summed E-state index contributed by atoms with van der Waals surface area (Å²) >= 11 is 0. The molecule has 0 aromatic heterocycles. The summed E-state index contributed by atoms with van der Waals surface area (Å²) in [4.78, 5) is 23.7. The first kappa shape index (κ1) is 16.0. The maximum atomic E-state index is 11.1. The molecule has 1 aliphatic heterocycles. The number of nitrogens with zero attached hydrogens (tertiary/aromatic N) is 1. The maximum Gasteiger partial charge on any atom is 0.211 e. The van der Waals surface area contributed by atoms with E-state index in [2.05, 4.69) is 10.2 Å². The van der Waals surface area contributed by atoms with Crippen LogP contribution in [0.2, 0.25) is 0 Å². The molecule has 0 aromatic carbocycles. The predicted octanol–water partition coefficient (Wildman–Crippen LogP) is 2.42. The molecule has 1 heterocycles. The largest absolute Gasteiger partial charge is 0.335 e. The molecule has 4 nitrogen and oxygen atoms in total. The van der Waals surface area contributed by atoms with Crippen LogP contribution in [0.15, 0.2) is 23.9 Å². The fraction of sp³-hybridized carbons (Fsp3) is 0.647. The van der Waals surface area contributed by atoms with Crippen LogP contribution >= 0.6 is 0 Å². The third-order valence-electron chi connectivity index (χ3n) is 4.87. The highest BCUT2D eigenvalue weighted by molar-refractivity contribution is 5.73. The standard InChI is InChI=1S/C17H26N2O2/c20-13-16(5-4-10-18-15-21)6-11-19-12-9-17(14-19)7-2-1-3-8-17/h4-5,10,13,15H,1-3,6-9,11-12,14H2,(H,18,21)/b10-4-,16-5+. The number of hydrogen-bond donors (Lipinski definition) is 1. The highest BCUT2D eigenvalue weighted by Crippen LogP contribution is 2.43. The van der Waals surface area contributed by atoms with Crippen molar-refractivity contribution in [3.8, 4) is 0 Å². The van der Waals surface area contributed by atoms with Crippen LogP contribution in [0.4, 0.5) is 0 Å². The molecule has 0 atom stereocenters. The van der Waals surface area contributed by atoms with Crippen LogP contribution in [0.5, 0.6) is 0 Å². The Bertz CT molecular complexity index is 409. The number of carbonyl (C=O) groups is 2. The zero-order chi connectivity index (χ0) is 15.0. The van der Waals surface area contributed by atoms with E-state index in [0.29, 0.717) is 11.8 Å². The minimum atomic E-state index is 0.580. The Hall–Kier alpha value is -1.42. The molecule has 4 heteroatoms. The Kier molecular flexibility index (Phi) is 6.18. The van der Waals surface area contributed by atoms with E-state index in [-0.39, 0.29) is 0 Å². The fourth-order valence-electron chi connectivity index (χ4n) is 3.66. The van der Waals surface area contributed by atoms with Crippen molar-refractivity contribution in [2.24, 2.45) is 5.41 Å².